The maximum Gasteiger partial charge on any atom is 0.344 e. The lowest BCUT2D eigenvalue weighted by Crippen LogP contribution is -2.52. The molecule has 1 aromatic carbocycles. The molecule has 0 bridgehead atoms. The molecule has 1 N–H and O–H groups in total. The zero-order valence-electron chi connectivity index (χ0n) is 15.0. The molecule has 0 aliphatic heterocycles. The Morgan fingerprint density at radius 2 is 2.04 bits per heavy atom. The fourth-order valence-electron chi connectivity index (χ4n) is 2.89. The van der Waals surface area contributed by atoms with E-state index in [2.05, 4.69) is 11.4 Å². The van der Waals surface area contributed by atoms with Gasteiger partial charge in [-0.2, -0.15) is 5.26 Å². The molecule has 0 unspecified atom stereocenters. The maximum atomic E-state index is 12.3. The fraction of sp³-hybridized carbons (Fsp3) is 0.526. The van der Waals surface area contributed by atoms with E-state index < -0.39 is 23.5 Å². The van der Waals surface area contributed by atoms with Gasteiger partial charge in [-0.05, 0) is 50.5 Å². The number of carbonyl (C=O) groups excluding carboxylic acids is 2. The van der Waals surface area contributed by atoms with E-state index in [1.54, 1.807) is 18.2 Å². The second kappa shape index (κ2) is 8.91. The Morgan fingerprint density at radius 1 is 1.35 bits per heavy atom. The number of carbonyl (C=O) groups is 2. The molecule has 0 spiro atoms. The topological polar surface area (TPSA) is 88.4 Å². The first-order valence-corrected chi connectivity index (χ1v) is 9.05. The van der Waals surface area contributed by atoms with Crippen molar-refractivity contribution in [1.29, 1.82) is 5.26 Å². The van der Waals surface area contributed by atoms with Gasteiger partial charge in [0, 0.05) is 5.02 Å². The third-order valence-electron chi connectivity index (χ3n) is 4.45. The lowest BCUT2D eigenvalue weighted by atomic mass is 9.83. The number of esters is 1. The highest BCUT2D eigenvalue weighted by Crippen LogP contribution is 2.27. The van der Waals surface area contributed by atoms with E-state index >= 15 is 0 Å². The van der Waals surface area contributed by atoms with Gasteiger partial charge in [-0.3, -0.25) is 4.79 Å². The summed E-state index contributed by atoms with van der Waals surface area (Å²) in [6.45, 7) is 2.99. The van der Waals surface area contributed by atoms with Crippen LogP contribution in [0.5, 0.6) is 5.75 Å². The third-order valence-corrected chi connectivity index (χ3v) is 4.87. The summed E-state index contributed by atoms with van der Waals surface area (Å²) in [6.07, 6.45) is 3.10. The first-order chi connectivity index (χ1) is 12.3. The standard InChI is InChI=1S/C19H23ClN2O4/c1-13-10-15(6-7-16(13)20)25-11-17(23)26-14(2)18(24)22-19(12-21)8-4-3-5-9-19/h6-7,10,14H,3-5,8-9,11H2,1-2H3,(H,22,24)/t14-/m1/s1. The van der Waals surface area contributed by atoms with Crippen molar-refractivity contribution in [2.45, 2.75) is 57.6 Å². The Kier molecular flexibility index (Phi) is 6.87. The summed E-state index contributed by atoms with van der Waals surface area (Å²) in [6, 6.07) is 7.25. The number of nitrogens with zero attached hydrogens (tertiary/aromatic N) is 1. The van der Waals surface area contributed by atoms with Crippen molar-refractivity contribution in [2.24, 2.45) is 0 Å². The van der Waals surface area contributed by atoms with Crippen LogP contribution in [0.15, 0.2) is 18.2 Å². The molecule has 26 heavy (non-hydrogen) atoms. The molecule has 0 saturated heterocycles. The second-order valence-corrected chi connectivity index (χ2v) is 6.98. The predicted molar refractivity (Wildman–Crippen MR) is 96.8 cm³/mol. The highest BCUT2D eigenvalue weighted by molar-refractivity contribution is 6.31. The number of amides is 1. The van der Waals surface area contributed by atoms with Gasteiger partial charge in [0.05, 0.1) is 6.07 Å². The number of hydrogen-bond acceptors (Lipinski definition) is 5. The van der Waals surface area contributed by atoms with Crippen molar-refractivity contribution in [3.8, 4) is 11.8 Å². The Balaban J connectivity index is 1.82. The molecule has 2 rings (SSSR count). The van der Waals surface area contributed by atoms with E-state index in [1.807, 2.05) is 6.92 Å². The van der Waals surface area contributed by atoms with Gasteiger partial charge in [0.15, 0.2) is 12.7 Å². The number of rotatable bonds is 6. The number of nitrogens with one attached hydrogen (secondary N) is 1. The fourth-order valence-corrected chi connectivity index (χ4v) is 3.01. The van der Waals surface area contributed by atoms with Crippen molar-refractivity contribution in [3.63, 3.8) is 0 Å². The lowest BCUT2D eigenvalue weighted by molar-refractivity contribution is -0.157. The van der Waals surface area contributed by atoms with Gasteiger partial charge in [0.2, 0.25) is 0 Å². The largest absolute Gasteiger partial charge is 0.482 e. The maximum absolute atomic E-state index is 12.3. The second-order valence-electron chi connectivity index (χ2n) is 6.58. The third kappa shape index (κ3) is 5.37. The van der Waals surface area contributed by atoms with E-state index in [4.69, 9.17) is 21.1 Å². The summed E-state index contributed by atoms with van der Waals surface area (Å²) in [4.78, 5) is 24.2. The van der Waals surface area contributed by atoms with Crippen molar-refractivity contribution < 1.29 is 19.1 Å². The summed E-state index contributed by atoms with van der Waals surface area (Å²) < 4.78 is 10.5. The molecule has 1 aromatic rings. The molecule has 1 aliphatic carbocycles. The zero-order chi connectivity index (χ0) is 19.2. The minimum Gasteiger partial charge on any atom is -0.482 e. The number of aryl methyl sites for hydroxylation is 1. The first kappa shape index (κ1) is 20.1. The molecule has 1 saturated carbocycles. The molecule has 1 amide bonds. The molecule has 1 fully saturated rings. The molecule has 0 heterocycles. The van der Waals surface area contributed by atoms with Crippen LogP contribution < -0.4 is 10.1 Å². The van der Waals surface area contributed by atoms with Crippen LogP contribution >= 0.6 is 11.6 Å². The normalized spacial score (nSPS) is 16.8. The van der Waals surface area contributed by atoms with E-state index in [0.717, 1.165) is 24.8 Å². The van der Waals surface area contributed by atoms with Crippen LogP contribution in [0.2, 0.25) is 5.02 Å². The average Bonchev–Trinajstić information content (AvgIpc) is 2.63. The monoisotopic (exact) mass is 378 g/mol. The summed E-state index contributed by atoms with van der Waals surface area (Å²) in [7, 11) is 0. The Bertz CT molecular complexity index is 708. The van der Waals surface area contributed by atoms with Crippen molar-refractivity contribution in [3.05, 3.63) is 28.8 Å². The molecule has 1 atom stereocenters. The van der Waals surface area contributed by atoms with Crippen molar-refractivity contribution >= 4 is 23.5 Å². The lowest BCUT2D eigenvalue weighted by Gasteiger charge is -2.32. The van der Waals surface area contributed by atoms with Gasteiger partial charge in [0.25, 0.3) is 5.91 Å². The number of nitriles is 1. The highest BCUT2D eigenvalue weighted by Gasteiger charge is 2.35. The summed E-state index contributed by atoms with van der Waals surface area (Å²) in [5, 5.41) is 12.8. The van der Waals surface area contributed by atoms with E-state index in [9.17, 15) is 14.9 Å². The van der Waals surface area contributed by atoms with Crippen LogP contribution in [0, 0.1) is 18.3 Å². The van der Waals surface area contributed by atoms with Crippen molar-refractivity contribution in [2.75, 3.05) is 6.61 Å². The number of hydrogen-bond donors (Lipinski definition) is 1. The van der Waals surface area contributed by atoms with E-state index in [1.165, 1.54) is 6.92 Å². The zero-order valence-corrected chi connectivity index (χ0v) is 15.8. The summed E-state index contributed by atoms with van der Waals surface area (Å²) in [5.74, 6) is -0.634. The van der Waals surface area contributed by atoms with Crippen LogP contribution in [0.4, 0.5) is 0 Å². The van der Waals surface area contributed by atoms with E-state index in [0.29, 0.717) is 23.6 Å². The van der Waals surface area contributed by atoms with Gasteiger partial charge in [-0.25, -0.2) is 4.79 Å². The highest BCUT2D eigenvalue weighted by atomic mass is 35.5. The molecule has 6 nitrogen and oxygen atoms in total. The first-order valence-electron chi connectivity index (χ1n) is 8.67. The number of halogens is 1. The number of benzene rings is 1. The quantitative estimate of drug-likeness (QED) is 0.767. The van der Waals surface area contributed by atoms with Gasteiger partial charge in [-0.1, -0.05) is 30.9 Å². The van der Waals surface area contributed by atoms with E-state index in [-0.39, 0.29) is 6.61 Å². The summed E-state index contributed by atoms with van der Waals surface area (Å²) >= 11 is 5.94. The van der Waals surface area contributed by atoms with Gasteiger partial charge >= 0.3 is 5.97 Å². The molecule has 1 aliphatic rings. The van der Waals surface area contributed by atoms with Gasteiger partial charge in [-0.15, -0.1) is 0 Å². The Morgan fingerprint density at radius 3 is 2.65 bits per heavy atom. The summed E-state index contributed by atoms with van der Waals surface area (Å²) in [5.41, 5.74) is -0.0209. The predicted octanol–water partition coefficient (Wildman–Crippen LogP) is 3.30. The van der Waals surface area contributed by atoms with Crippen LogP contribution in [0.25, 0.3) is 0 Å². The molecule has 0 radical (unpaired) electrons. The molecular formula is C19H23ClN2O4. The molecule has 140 valence electrons. The van der Waals surface area contributed by atoms with Gasteiger partial charge < -0.3 is 14.8 Å². The SMILES string of the molecule is Cc1cc(OCC(=O)O[C@H](C)C(=O)NC2(C#N)CCCCC2)ccc1Cl. The number of ether oxygens (including phenoxy) is 2. The minimum atomic E-state index is -0.995. The minimum absolute atomic E-state index is 0.317. The average molecular weight is 379 g/mol. The van der Waals surface area contributed by atoms with Crippen LogP contribution in [-0.4, -0.2) is 30.1 Å². The van der Waals surface area contributed by atoms with Crippen LogP contribution in [0.3, 0.4) is 0 Å². The molecular weight excluding hydrogens is 356 g/mol. The smallest absolute Gasteiger partial charge is 0.344 e. The Hall–Kier alpha value is -2.26. The molecule has 0 aromatic heterocycles. The van der Waals surface area contributed by atoms with Crippen LogP contribution in [0.1, 0.15) is 44.6 Å². The van der Waals surface area contributed by atoms with Gasteiger partial charge in [0.1, 0.15) is 11.3 Å². The van der Waals surface area contributed by atoms with Crippen molar-refractivity contribution in [1.82, 2.24) is 5.32 Å². The Labute approximate surface area is 158 Å². The molecule has 7 heteroatoms. The van der Waals surface area contributed by atoms with Crippen LogP contribution in [-0.2, 0) is 14.3 Å².